The number of likely N-dealkylation sites (tertiary alicyclic amines) is 1. The second-order valence-electron chi connectivity index (χ2n) is 7.80. The number of piperidine rings is 1. The number of H-pyrrole nitrogens is 2. The Morgan fingerprint density at radius 2 is 1.73 bits per heavy atom. The molecule has 160 valence electrons. The Balaban J connectivity index is 1.25. The molecule has 0 aliphatic carbocycles. The Bertz CT molecular complexity index is 1160. The van der Waals surface area contributed by atoms with E-state index in [9.17, 15) is 17.6 Å². The Labute approximate surface area is 174 Å². The SMILES string of the molecule is O=c1[nH]c2ccc(S(=O)(=O)NCCN3CCC(Cc4ccc(F)cc4)CC3)cc2[nH]1. The van der Waals surface area contributed by atoms with Gasteiger partial charge in [-0.15, -0.1) is 0 Å². The first kappa shape index (κ1) is 20.8. The summed E-state index contributed by atoms with van der Waals surface area (Å²) in [4.78, 5) is 18.9. The van der Waals surface area contributed by atoms with E-state index >= 15 is 0 Å². The average Bonchev–Trinajstić information content (AvgIpc) is 3.10. The minimum atomic E-state index is -3.64. The van der Waals surface area contributed by atoms with Gasteiger partial charge in [0.2, 0.25) is 10.0 Å². The van der Waals surface area contributed by atoms with Gasteiger partial charge in [-0.05, 0) is 74.2 Å². The van der Waals surface area contributed by atoms with Crippen molar-refractivity contribution in [3.63, 3.8) is 0 Å². The van der Waals surface area contributed by atoms with Crippen molar-refractivity contribution in [2.45, 2.75) is 24.2 Å². The number of aromatic amines is 2. The number of nitrogens with one attached hydrogen (secondary N) is 3. The molecule has 1 aliphatic rings. The highest BCUT2D eigenvalue weighted by Gasteiger charge is 2.20. The van der Waals surface area contributed by atoms with Crippen LogP contribution in [0.4, 0.5) is 4.39 Å². The molecule has 0 spiro atoms. The number of benzene rings is 2. The lowest BCUT2D eigenvalue weighted by Gasteiger charge is -2.32. The minimum absolute atomic E-state index is 0.128. The predicted octanol–water partition coefficient (Wildman–Crippen LogP) is 2.23. The summed E-state index contributed by atoms with van der Waals surface area (Å²) in [5, 5.41) is 0. The molecule has 0 amide bonds. The van der Waals surface area contributed by atoms with E-state index in [4.69, 9.17) is 0 Å². The molecule has 0 radical (unpaired) electrons. The molecule has 0 bridgehead atoms. The van der Waals surface area contributed by atoms with Gasteiger partial charge in [0.25, 0.3) is 0 Å². The van der Waals surface area contributed by atoms with Crippen LogP contribution in [0.3, 0.4) is 0 Å². The number of sulfonamides is 1. The third-order valence-electron chi connectivity index (χ3n) is 5.66. The normalized spacial score (nSPS) is 16.3. The van der Waals surface area contributed by atoms with Crippen LogP contribution in [-0.4, -0.2) is 49.5 Å². The number of halogens is 1. The van der Waals surface area contributed by atoms with E-state index in [-0.39, 0.29) is 16.4 Å². The minimum Gasteiger partial charge on any atom is -0.306 e. The summed E-state index contributed by atoms with van der Waals surface area (Å²) >= 11 is 0. The van der Waals surface area contributed by atoms with E-state index in [0.717, 1.165) is 37.9 Å². The third-order valence-corrected chi connectivity index (χ3v) is 7.12. The summed E-state index contributed by atoms with van der Waals surface area (Å²) in [5.74, 6) is 0.357. The van der Waals surface area contributed by atoms with Crippen LogP contribution in [-0.2, 0) is 16.4 Å². The zero-order valence-corrected chi connectivity index (χ0v) is 17.3. The monoisotopic (exact) mass is 432 g/mol. The molecule has 1 fully saturated rings. The number of fused-ring (bicyclic) bond motifs is 1. The topological polar surface area (TPSA) is 98.1 Å². The molecular weight excluding hydrogens is 407 g/mol. The molecule has 1 saturated heterocycles. The molecule has 0 unspecified atom stereocenters. The van der Waals surface area contributed by atoms with E-state index in [0.29, 0.717) is 30.0 Å². The molecule has 2 heterocycles. The summed E-state index contributed by atoms with van der Waals surface area (Å²) in [6, 6.07) is 11.2. The maximum atomic E-state index is 13.0. The van der Waals surface area contributed by atoms with Crippen LogP contribution >= 0.6 is 0 Å². The zero-order valence-electron chi connectivity index (χ0n) is 16.5. The van der Waals surface area contributed by atoms with E-state index in [1.165, 1.54) is 24.3 Å². The summed E-state index contributed by atoms with van der Waals surface area (Å²) in [7, 11) is -3.64. The second-order valence-corrected chi connectivity index (χ2v) is 9.57. The lowest BCUT2D eigenvalue weighted by atomic mass is 9.90. The van der Waals surface area contributed by atoms with Crippen molar-refractivity contribution < 1.29 is 12.8 Å². The number of nitrogens with zero attached hydrogens (tertiary/aromatic N) is 1. The lowest BCUT2D eigenvalue weighted by molar-refractivity contribution is 0.187. The third kappa shape index (κ3) is 4.97. The molecule has 7 nitrogen and oxygen atoms in total. The van der Waals surface area contributed by atoms with Gasteiger partial charge >= 0.3 is 5.69 Å². The van der Waals surface area contributed by atoms with Crippen molar-refractivity contribution >= 4 is 21.1 Å². The molecule has 0 saturated carbocycles. The number of hydrogen-bond donors (Lipinski definition) is 3. The second kappa shape index (κ2) is 8.71. The number of aromatic nitrogens is 2. The first-order chi connectivity index (χ1) is 14.4. The predicted molar refractivity (Wildman–Crippen MR) is 113 cm³/mol. The van der Waals surface area contributed by atoms with Gasteiger partial charge in [0.1, 0.15) is 5.82 Å². The largest absolute Gasteiger partial charge is 0.323 e. The van der Waals surface area contributed by atoms with Gasteiger partial charge < -0.3 is 14.9 Å². The van der Waals surface area contributed by atoms with Crippen LogP contribution in [0.1, 0.15) is 18.4 Å². The fourth-order valence-electron chi connectivity index (χ4n) is 3.97. The van der Waals surface area contributed by atoms with Gasteiger partial charge in [-0.25, -0.2) is 22.3 Å². The fraction of sp³-hybridized carbons (Fsp3) is 0.381. The first-order valence-electron chi connectivity index (χ1n) is 10.1. The summed E-state index contributed by atoms with van der Waals surface area (Å²) in [6.07, 6.45) is 3.04. The van der Waals surface area contributed by atoms with E-state index in [1.54, 1.807) is 6.07 Å². The van der Waals surface area contributed by atoms with Crippen LogP contribution in [0, 0.1) is 11.7 Å². The molecule has 30 heavy (non-hydrogen) atoms. The van der Waals surface area contributed by atoms with Crippen molar-refractivity contribution in [2.24, 2.45) is 5.92 Å². The first-order valence-corrected chi connectivity index (χ1v) is 11.6. The Morgan fingerprint density at radius 3 is 2.47 bits per heavy atom. The number of hydrogen-bond acceptors (Lipinski definition) is 4. The zero-order chi connectivity index (χ0) is 21.1. The summed E-state index contributed by atoms with van der Waals surface area (Å²) in [5.41, 5.74) is 1.83. The molecule has 0 atom stereocenters. The summed E-state index contributed by atoms with van der Waals surface area (Å²) < 4.78 is 40.8. The average molecular weight is 433 g/mol. The Hall–Kier alpha value is -2.49. The van der Waals surface area contributed by atoms with E-state index < -0.39 is 10.0 Å². The highest BCUT2D eigenvalue weighted by Crippen LogP contribution is 2.22. The van der Waals surface area contributed by atoms with E-state index in [2.05, 4.69) is 19.6 Å². The van der Waals surface area contributed by atoms with Crippen molar-refractivity contribution in [1.82, 2.24) is 19.6 Å². The lowest BCUT2D eigenvalue weighted by Crippen LogP contribution is -2.39. The molecule has 1 aromatic heterocycles. The molecule has 9 heteroatoms. The van der Waals surface area contributed by atoms with E-state index in [1.807, 2.05) is 12.1 Å². The number of rotatable bonds is 7. The standard InChI is InChI=1S/C21H25FN4O3S/c22-17-3-1-15(2-4-17)13-16-7-10-26(11-8-16)12-9-23-30(28,29)18-5-6-19-20(14-18)25-21(27)24-19/h1-6,14,16,23H,7-13H2,(H2,24,25,27). The summed E-state index contributed by atoms with van der Waals surface area (Å²) in [6.45, 7) is 2.81. The van der Waals surface area contributed by atoms with Crippen LogP contribution < -0.4 is 10.4 Å². The maximum Gasteiger partial charge on any atom is 0.323 e. The number of imidazole rings is 1. The van der Waals surface area contributed by atoms with Crippen LogP contribution in [0.5, 0.6) is 0 Å². The fourth-order valence-corrected chi connectivity index (χ4v) is 5.02. The Morgan fingerprint density at radius 1 is 1.03 bits per heavy atom. The molecule has 3 N–H and O–H groups in total. The molecular formula is C21H25FN4O3S. The highest BCUT2D eigenvalue weighted by molar-refractivity contribution is 7.89. The van der Waals surface area contributed by atoms with Crippen LogP contribution in [0.25, 0.3) is 11.0 Å². The molecule has 2 aromatic carbocycles. The molecule has 3 aromatic rings. The van der Waals surface area contributed by atoms with Crippen LogP contribution in [0.2, 0.25) is 0 Å². The van der Waals surface area contributed by atoms with Crippen molar-refractivity contribution in [3.8, 4) is 0 Å². The smallest absolute Gasteiger partial charge is 0.306 e. The van der Waals surface area contributed by atoms with Gasteiger partial charge in [-0.2, -0.15) is 0 Å². The quantitative estimate of drug-likeness (QED) is 0.533. The van der Waals surface area contributed by atoms with Gasteiger partial charge in [0, 0.05) is 13.1 Å². The highest BCUT2D eigenvalue weighted by atomic mass is 32.2. The van der Waals surface area contributed by atoms with Crippen molar-refractivity contribution in [2.75, 3.05) is 26.2 Å². The van der Waals surface area contributed by atoms with Gasteiger partial charge in [-0.1, -0.05) is 12.1 Å². The van der Waals surface area contributed by atoms with Crippen LogP contribution in [0.15, 0.2) is 52.2 Å². The van der Waals surface area contributed by atoms with Crippen molar-refractivity contribution in [3.05, 3.63) is 64.3 Å². The molecule has 4 rings (SSSR count). The van der Waals surface area contributed by atoms with Gasteiger partial charge in [-0.3, -0.25) is 0 Å². The van der Waals surface area contributed by atoms with Gasteiger partial charge in [0.15, 0.2) is 0 Å². The van der Waals surface area contributed by atoms with Crippen molar-refractivity contribution in [1.29, 1.82) is 0 Å². The van der Waals surface area contributed by atoms with Gasteiger partial charge in [0.05, 0.1) is 15.9 Å². The molecule has 1 aliphatic heterocycles. The maximum absolute atomic E-state index is 13.0. The Kier molecular flexibility index (Phi) is 6.03.